The molecule has 9 unspecified atom stereocenters. The average molecular weight is 630 g/mol. The highest BCUT2D eigenvalue weighted by Crippen LogP contribution is 2.80. The van der Waals surface area contributed by atoms with Crippen molar-refractivity contribution in [2.45, 2.75) is 73.9 Å². The summed E-state index contributed by atoms with van der Waals surface area (Å²) < 4.78 is 37.1. The lowest BCUT2D eigenvalue weighted by molar-refractivity contribution is -0.315. The Balaban J connectivity index is 1.52. The summed E-state index contributed by atoms with van der Waals surface area (Å²) in [5, 5.41) is 25.1. The van der Waals surface area contributed by atoms with Gasteiger partial charge in [-0.3, -0.25) is 9.59 Å². The van der Waals surface area contributed by atoms with Crippen molar-refractivity contribution in [1.29, 1.82) is 0 Å². The number of hydrogen-bond acceptors (Lipinski definition) is 11. The number of aliphatic hydroxyl groups is 2. The van der Waals surface area contributed by atoms with Crippen LogP contribution < -0.4 is 0 Å². The Labute approximate surface area is 262 Å². The summed E-state index contributed by atoms with van der Waals surface area (Å²) in [6.45, 7) is 2.01. The number of esters is 2. The molecule has 1 aromatic rings. The van der Waals surface area contributed by atoms with E-state index in [1.165, 1.54) is 14.0 Å². The van der Waals surface area contributed by atoms with Crippen LogP contribution in [0, 0.1) is 34.5 Å². The second-order valence-electron chi connectivity index (χ2n) is 14.1. The van der Waals surface area contributed by atoms with Gasteiger partial charge in [-0.05, 0) is 37.3 Å². The van der Waals surface area contributed by atoms with Crippen molar-refractivity contribution in [2.24, 2.45) is 34.5 Å². The van der Waals surface area contributed by atoms with E-state index < -0.39 is 82.2 Å². The molecule has 1 heterocycles. The molecule has 246 valence electrons. The number of rotatable bonds is 9. The van der Waals surface area contributed by atoms with Gasteiger partial charge in [0.05, 0.1) is 24.4 Å². The summed E-state index contributed by atoms with van der Waals surface area (Å²) in [5.74, 6) is -3.75. The largest absolute Gasteiger partial charge is 0.455 e. The van der Waals surface area contributed by atoms with Gasteiger partial charge < -0.3 is 43.5 Å². The van der Waals surface area contributed by atoms with Crippen LogP contribution in [0.2, 0.25) is 0 Å². The van der Waals surface area contributed by atoms with Gasteiger partial charge in [0.1, 0.15) is 23.9 Å². The predicted molar refractivity (Wildman–Crippen MR) is 155 cm³/mol. The zero-order valence-corrected chi connectivity index (χ0v) is 26.3. The Morgan fingerprint density at radius 3 is 2.38 bits per heavy atom. The van der Waals surface area contributed by atoms with Crippen molar-refractivity contribution in [2.75, 3.05) is 41.6 Å². The van der Waals surface area contributed by atoms with Crippen molar-refractivity contribution in [1.82, 2.24) is 4.90 Å². The van der Waals surface area contributed by atoms with Crippen molar-refractivity contribution >= 4 is 18.3 Å². The molecule has 12 nitrogen and oxygen atoms in total. The first kappa shape index (κ1) is 31.0. The third-order valence-corrected chi connectivity index (χ3v) is 12.7. The molecule has 6 aliphatic rings. The van der Waals surface area contributed by atoms with E-state index in [1.54, 1.807) is 56.6 Å². The van der Waals surface area contributed by atoms with E-state index in [-0.39, 0.29) is 18.4 Å². The molecule has 1 aliphatic heterocycles. The van der Waals surface area contributed by atoms with Gasteiger partial charge in [0.2, 0.25) is 6.41 Å². The van der Waals surface area contributed by atoms with E-state index in [2.05, 4.69) is 0 Å². The fourth-order valence-corrected chi connectivity index (χ4v) is 12.1. The van der Waals surface area contributed by atoms with Gasteiger partial charge in [-0.2, -0.15) is 0 Å². The maximum Gasteiger partial charge on any atom is 0.338 e. The number of ether oxygens (including phenoxy) is 6. The molecule has 1 aromatic carbocycles. The van der Waals surface area contributed by atoms with Crippen molar-refractivity contribution in [3.05, 3.63) is 35.9 Å². The average Bonchev–Trinajstić information content (AvgIpc) is 3.40. The number of carbonyl (C=O) groups excluding carboxylic acids is 3. The zero-order valence-electron chi connectivity index (χ0n) is 26.3. The summed E-state index contributed by atoms with van der Waals surface area (Å²) in [6, 6.07) is 7.88. The maximum absolute atomic E-state index is 13.7. The molecule has 45 heavy (non-hydrogen) atoms. The van der Waals surface area contributed by atoms with Crippen LogP contribution >= 0.6 is 0 Å². The molecule has 5 aliphatic carbocycles. The number of benzene rings is 1. The van der Waals surface area contributed by atoms with E-state index in [4.69, 9.17) is 28.4 Å². The Hall–Kier alpha value is -2.61. The highest BCUT2D eigenvalue weighted by atomic mass is 16.6. The lowest BCUT2D eigenvalue weighted by Crippen LogP contribution is -2.80. The molecule has 12 heteroatoms. The Bertz CT molecular complexity index is 1360. The molecule has 1 amide bonds. The minimum absolute atomic E-state index is 0.0504. The van der Waals surface area contributed by atoms with Gasteiger partial charge in [-0.1, -0.05) is 18.2 Å². The molecule has 0 radical (unpaired) electrons. The van der Waals surface area contributed by atoms with Crippen LogP contribution in [-0.4, -0.2) is 123 Å². The molecule has 1 saturated heterocycles. The second kappa shape index (κ2) is 10.4. The number of carbonyl (C=O) groups is 3. The fourth-order valence-electron chi connectivity index (χ4n) is 12.1. The number of nitrogens with zero attached hydrogens (tertiary/aromatic N) is 1. The van der Waals surface area contributed by atoms with Crippen molar-refractivity contribution < 1.29 is 53.0 Å². The van der Waals surface area contributed by atoms with Crippen LogP contribution in [0.15, 0.2) is 30.3 Å². The molecule has 6 fully saturated rings. The van der Waals surface area contributed by atoms with E-state index in [1.807, 2.05) is 0 Å². The highest BCUT2D eigenvalue weighted by Gasteiger charge is 2.91. The first-order chi connectivity index (χ1) is 21.6. The van der Waals surface area contributed by atoms with Gasteiger partial charge >= 0.3 is 11.9 Å². The Morgan fingerprint density at radius 1 is 1.04 bits per heavy atom. The molecule has 1 spiro atoms. The van der Waals surface area contributed by atoms with Gasteiger partial charge in [-0.25, -0.2) is 4.79 Å². The van der Waals surface area contributed by atoms with E-state index in [0.29, 0.717) is 31.6 Å². The second-order valence-corrected chi connectivity index (χ2v) is 14.1. The first-order valence-corrected chi connectivity index (χ1v) is 15.7. The fraction of sp³-hybridized carbons (Fsp3) is 0.727. The van der Waals surface area contributed by atoms with E-state index >= 15 is 0 Å². The molecule has 7 bridgehead atoms. The number of hydrogen-bond donors (Lipinski definition) is 2. The number of fused-ring (bicyclic) bond motifs is 2. The molecule has 2 N–H and O–H groups in total. The summed E-state index contributed by atoms with van der Waals surface area (Å²) in [5.41, 5.74) is -4.68. The van der Waals surface area contributed by atoms with Crippen LogP contribution in [0.5, 0.6) is 0 Å². The number of aliphatic hydroxyl groups excluding tert-OH is 1. The SMILES string of the molecule is COC[C@@]12CCC(OC)C34C5C[C@@]6(O)C(OC(=O)c7ccccc7)C5[C@@](OC(C)=O)(C(C(OC)[C@@H]31)C4N(C=O)C2)C(O)[C@@H]6OC. The Kier molecular flexibility index (Phi) is 7.20. The normalized spacial score (nSPS) is 48.6. The summed E-state index contributed by atoms with van der Waals surface area (Å²) in [4.78, 5) is 41.7. The third-order valence-electron chi connectivity index (χ3n) is 12.7. The van der Waals surface area contributed by atoms with E-state index in [9.17, 15) is 24.6 Å². The standard InChI is InChI=1S/C33H43NO11/c1-17(36)45-33-21-19(13-31(39,28(43-5)26(33)37)27(21)44-29(38)18-9-7-6-8-10-18)32-20(41-3)11-12-30(15-40-2)14-34(16-35)25(32)22(33)23(42-4)24(30)32/h6-10,16,19-28,37,39H,11-15H2,1-5H3/t19?,20?,21?,22?,23?,24-,25?,26?,27?,28+,30+,31-,32?,33-/m1/s1. The Morgan fingerprint density at radius 2 is 1.78 bits per heavy atom. The topological polar surface area (TPSA) is 150 Å². The quantitative estimate of drug-likeness (QED) is 0.295. The van der Waals surface area contributed by atoms with Gasteiger partial charge in [0, 0.05) is 76.5 Å². The van der Waals surface area contributed by atoms with Gasteiger partial charge in [-0.15, -0.1) is 0 Å². The highest BCUT2D eigenvalue weighted by molar-refractivity contribution is 5.89. The molecular formula is C33H43NO11. The molecule has 0 aromatic heterocycles. The molecule has 14 atom stereocenters. The summed E-state index contributed by atoms with van der Waals surface area (Å²) in [7, 11) is 6.26. The van der Waals surface area contributed by atoms with E-state index in [0.717, 1.165) is 6.41 Å². The lowest BCUT2D eigenvalue weighted by atomic mass is 9.43. The third kappa shape index (κ3) is 3.56. The lowest BCUT2D eigenvalue weighted by Gasteiger charge is -2.69. The van der Waals surface area contributed by atoms with Gasteiger partial charge in [0.15, 0.2) is 5.60 Å². The molecule has 5 saturated carbocycles. The van der Waals surface area contributed by atoms with Crippen molar-refractivity contribution in [3.8, 4) is 0 Å². The molecular weight excluding hydrogens is 586 g/mol. The van der Waals surface area contributed by atoms with Crippen LogP contribution in [0.25, 0.3) is 0 Å². The van der Waals surface area contributed by atoms with Crippen LogP contribution in [0.3, 0.4) is 0 Å². The monoisotopic (exact) mass is 629 g/mol. The minimum Gasteiger partial charge on any atom is -0.455 e. The number of piperidine rings is 1. The zero-order chi connectivity index (χ0) is 32.1. The smallest absolute Gasteiger partial charge is 0.338 e. The number of amides is 1. The number of likely N-dealkylation sites (tertiary alicyclic amines) is 1. The first-order valence-electron chi connectivity index (χ1n) is 15.7. The summed E-state index contributed by atoms with van der Waals surface area (Å²) >= 11 is 0. The van der Waals surface area contributed by atoms with Gasteiger partial charge in [0.25, 0.3) is 0 Å². The van der Waals surface area contributed by atoms with Crippen LogP contribution in [0.4, 0.5) is 0 Å². The number of methoxy groups -OCH3 is 4. The minimum atomic E-state index is -1.85. The summed E-state index contributed by atoms with van der Waals surface area (Å²) in [6.07, 6.45) is -2.81. The van der Waals surface area contributed by atoms with Crippen LogP contribution in [-0.2, 0) is 38.0 Å². The predicted octanol–water partition coefficient (Wildman–Crippen LogP) is 0.814. The van der Waals surface area contributed by atoms with Crippen LogP contribution in [0.1, 0.15) is 36.5 Å². The van der Waals surface area contributed by atoms with Crippen molar-refractivity contribution in [3.63, 3.8) is 0 Å². The maximum atomic E-state index is 13.7. The molecule has 7 rings (SSSR count).